The molecule has 2 heterocycles. The van der Waals surface area contributed by atoms with Crippen molar-refractivity contribution in [2.24, 2.45) is 0 Å². The standard InChI is InChI=1S/C14H21BrN2S/c1-10(13-4-5-14(15)18-13)16-11-6-8-17(9-7-11)12-2-3-12/h4-5,10-12,16H,2-3,6-9H2,1H3. The topological polar surface area (TPSA) is 15.3 Å². The lowest BCUT2D eigenvalue weighted by molar-refractivity contribution is 0.184. The van der Waals surface area contributed by atoms with E-state index in [1.165, 1.54) is 47.4 Å². The van der Waals surface area contributed by atoms with Crippen molar-refractivity contribution >= 4 is 27.3 Å². The molecule has 1 aliphatic heterocycles. The first-order valence-electron chi connectivity index (χ1n) is 6.97. The molecule has 2 aliphatic rings. The molecule has 1 aromatic rings. The molecule has 1 unspecified atom stereocenters. The Morgan fingerprint density at radius 1 is 1.28 bits per heavy atom. The minimum atomic E-state index is 0.485. The van der Waals surface area contributed by atoms with Crippen LogP contribution in [0.3, 0.4) is 0 Å². The molecule has 1 N–H and O–H groups in total. The third-order valence-corrected chi connectivity index (χ3v) is 5.91. The Morgan fingerprint density at radius 2 is 2.00 bits per heavy atom. The molecule has 2 nitrogen and oxygen atoms in total. The number of nitrogens with zero attached hydrogens (tertiary/aromatic N) is 1. The monoisotopic (exact) mass is 328 g/mol. The molecule has 1 saturated carbocycles. The zero-order valence-electron chi connectivity index (χ0n) is 10.9. The van der Waals surface area contributed by atoms with E-state index in [1.807, 2.05) is 11.3 Å². The Kier molecular flexibility index (Phi) is 4.09. The van der Waals surface area contributed by atoms with Gasteiger partial charge in [0.15, 0.2) is 0 Å². The second-order valence-corrected chi connectivity index (χ2v) is 8.07. The third-order valence-electron chi connectivity index (χ3n) is 4.10. The van der Waals surface area contributed by atoms with Crippen molar-refractivity contribution in [2.75, 3.05) is 13.1 Å². The summed E-state index contributed by atoms with van der Waals surface area (Å²) in [6.07, 6.45) is 5.51. The zero-order valence-corrected chi connectivity index (χ0v) is 13.3. The molecule has 0 radical (unpaired) electrons. The maximum absolute atomic E-state index is 3.79. The number of piperidine rings is 1. The van der Waals surface area contributed by atoms with Crippen LogP contribution in [0.5, 0.6) is 0 Å². The average molecular weight is 329 g/mol. The molecule has 100 valence electrons. The van der Waals surface area contributed by atoms with Crippen LogP contribution >= 0.6 is 27.3 Å². The van der Waals surface area contributed by atoms with Gasteiger partial charge >= 0.3 is 0 Å². The van der Waals surface area contributed by atoms with E-state index in [2.05, 4.69) is 45.2 Å². The van der Waals surface area contributed by atoms with Crippen LogP contribution < -0.4 is 5.32 Å². The van der Waals surface area contributed by atoms with Crippen LogP contribution in [0.2, 0.25) is 0 Å². The number of rotatable bonds is 4. The van der Waals surface area contributed by atoms with E-state index in [0.29, 0.717) is 12.1 Å². The average Bonchev–Trinajstić information content (AvgIpc) is 3.12. The van der Waals surface area contributed by atoms with Crippen LogP contribution in [-0.4, -0.2) is 30.1 Å². The first-order chi connectivity index (χ1) is 8.72. The van der Waals surface area contributed by atoms with E-state index in [9.17, 15) is 0 Å². The van der Waals surface area contributed by atoms with Gasteiger partial charge in [-0.3, -0.25) is 0 Å². The van der Waals surface area contributed by atoms with Gasteiger partial charge in [-0.15, -0.1) is 11.3 Å². The minimum absolute atomic E-state index is 0.485. The van der Waals surface area contributed by atoms with Crippen molar-refractivity contribution in [2.45, 2.75) is 50.7 Å². The molecule has 0 aromatic carbocycles. The van der Waals surface area contributed by atoms with Gasteiger partial charge in [0.05, 0.1) is 3.79 Å². The predicted octanol–water partition coefficient (Wildman–Crippen LogP) is 3.79. The molecule has 1 atom stereocenters. The van der Waals surface area contributed by atoms with Crippen molar-refractivity contribution in [3.05, 3.63) is 20.8 Å². The number of nitrogens with one attached hydrogen (secondary N) is 1. The van der Waals surface area contributed by atoms with Crippen molar-refractivity contribution in [1.29, 1.82) is 0 Å². The number of thiophene rings is 1. The lowest BCUT2D eigenvalue weighted by Crippen LogP contribution is -2.43. The van der Waals surface area contributed by atoms with Crippen molar-refractivity contribution < 1.29 is 0 Å². The largest absolute Gasteiger partial charge is 0.307 e. The Balaban J connectivity index is 1.48. The number of likely N-dealkylation sites (tertiary alicyclic amines) is 1. The highest BCUT2D eigenvalue weighted by molar-refractivity contribution is 9.11. The summed E-state index contributed by atoms with van der Waals surface area (Å²) in [6.45, 7) is 4.87. The first kappa shape index (κ1) is 13.1. The summed E-state index contributed by atoms with van der Waals surface area (Å²) in [7, 11) is 0. The molecule has 0 bridgehead atoms. The van der Waals surface area contributed by atoms with Gasteiger partial charge in [0.2, 0.25) is 0 Å². The van der Waals surface area contributed by atoms with Crippen LogP contribution in [0, 0.1) is 0 Å². The molecule has 1 aliphatic carbocycles. The predicted molar refractivity (Wildman–Crippen MR) is 81.2 cm³/mol. The Morgan fingerprint density at radius 3 is 2.56 bits per heavy atom. The fourth-order valence-corrected chi connectivity index (χ4v) is 4.30. The van der Waals surface area contributed by atoms with Gasteiger partial charge in [0.1, 0.15) is 0 Å². The van der Waals surface area contributed by atoms with Gasteiger partial charge in [-0.1, -0.05) is 0 Å². The van der Waals surface area contributed by atoms with E-state index in [0.717, 1.165) is 6.04 Å². The maximum Gasteiger partial charge on any atom is 0.0701 e. The molecule has 3 rings (SSSR count). The summed E-state index contributed by atoms with van der Waals surface area (Å²) in [5.41, 5.74) is 0. The molecule has 4 heteroatoms. The lowest BCUT2D eigenvalue weighted by Gasteiger charge is -2.33. The van der Waals surface area contributed by atoms with Crippen LogP contribution in [0.1, 0.15) is 43.5 Å². The van der Waals surface area contributed by atoms with E-state index in [4.69, 9.17) is 0 Å². The van der Waals surface area contributed by atoms with E-state index in [-0.39, 0.29) is 0 Å². The number of hydrogen-bond acceptors (Lipinski definition) is 3. The Labute approximate surface area is 122 Å². The van der Waals surface area contributed by atoms with E-state index >= 15 is 0 Å². The third kappa shape index (κ3) is 3.16. The minimum Gasteiger partial charge on any atom is -0.307 e. The fourth-order valence-electron chi connectivity index (χ4n) is 2.87. The highest BCUT2D eigenvalue weighted by atomic mass is 79.9. The number of hydrogen-bond donors (Lipinski definition) is 1. The molecular weight excluding hydrogens is 308 g/mol. The van der Waals surface area contributed by atoms with E-state index in [1.54, 1.807) is 0 Å². The zero-order chi connectivity index (χ0) is 12.5. The van der Waals surface area contributed by atoms with Gasteiger partial charge < -0.3 is 10.2 Å². The Bertz CT molecular complexity index is 394. The summed E-state index contributed by atoms with van der Waals surface area (Å²) >= 11 is 5.38. The summed E-state index contributed by atoms with van der Waals surface area (Å²) in [5.74, 6) is 0. The normalized spacial score (nSPS) is 24.3. The Hall–Kier alpha value is 0.1000. The van der Waals surface area contributed by atoms with Gasteiger partial charge in [0, 0.05) is 23.0 Å². The second-order valence-electron chi connectivity index (χ2n) is 5.57. The van der Waals surface area contributed by atoms with Gasteiger partial charge in [-0.25, -0.2) is 0 Å². The van der Waals surface area contributed by atoms with Crippen molar-refractivity contribution in [3.63, 3.8) is 0 Å². The SMILES string of the molecule is CC(NC1CCN(C2CC2)CC1)c1ccc(Br)s1. The second kappa shape index (κ2) is 5.61. The molecule has 1 aromatic heterocycles. The first-order valence-corrected chi connectivity index (χ1v) is 8.58. The summed E-state index contributed by atoms with van der Waals surface area (Å²) in [4.78, 5) is 4.12. The summed E-state index contributed by atoms with van der Waals surface area (Å²) < 4.78 is 1.23. The lowest BCUT2D eigenvalue weighted by atomic mass is 10.0. The highest BCUT2D eigenvalue weighted by Gasteiger charge is 2.32. The van der Waals surface area contributed by atoms with Crippen LogP contribution in [0.15, 0.2) is 15.9 Å². The summed E-state index contributed by atoms with van der Waals surface area (Å²) in [5, 5.41) is 3.79. The quantitative estimate of drug-likeness (QED) is 0.904. The molecule has 2 fully saturated rings. The number of halogens is 1. The van der Waals surface area contributed by atoms with Crippen LogP contribution in [-0.2, 0) is 0 Å². The van der Waals surface area contributed by atoms with Crippen LogP contribution in [0.4, 0.5) is 0 Å². The van der Waals surface area contributed by atoms with E-state index < -0.39 is 0 Å². The van der Waals surface area contributed by atoms with Gasteiger partial charge in [0.25, 0.3) is 0 Å². The molecule has 1 saturated heterocycles. The van der Waals surface area contributed by atoms with Gasteiger partial charge in [-0.05, 0) is 73.8 Å². The molecule has 0 amide bonds. The smallest absolute Gasteiger partial charge is 0.0701 e. The van der Waals surface area contributed by atoms with Crippen molar-refractivity contribution in [3.8, 4) is 0 Å². The van der Waals surface area contributed by atoms with Crippen LogP contribution in [0.25, 0.3) is 0 Å². The molecular formula is C14H21BrN2S. The molecule has 0 spiro atoms. The maximum atomic E-state index is 3.79. The highest BCUT2D eigenvalue weighted by Crippen LogP contribution is 2.31. The molecule has 18 heavy (non-hydrogen) atoms. The fraction of sp³-hybridized carbons (Fsp3) is 0.714. The van der Waals surface area contributed by atoms with Crippen molar-refractivity contribution in [1.82, 2.24) is 10.2 Å². The summed E-state index contributed by atoms with van der Waals surface area (Å²) in [6, 6.07) is 6.51. The van der Waals surface area contributed by atoms with Gasteiger partial charge in [-0.2, -0.15) is 0 Å².